The Balaban J connectivity index is 2.45. The summed E-state index contributed by atoms with van der Waals surface area (Å²) in [6.07, 6.45) is -3.84. The summed E-state index contributed by atoms with van der Waals surface area (Å²) in [6.45, 7) is 0.920. The van der Waals surface area contributed by atoms with Gasteiger partial charge in [-0.15, -0.1) is 0 Å². The molecule has 1 saturated heterocycles. The molecule has 0 amide bonds. The minimum Gasteiger partial charge on any atom is -0.381 e. The maximum absolute atomic E-state index is 12.7. The van der Waals surface area contributed by atoms with Gasteiger partial charge >= 0.3 is 6.18 Å². The second-order valence-corrected chi connectivity index (χ2v) is 4.08. The lowest BCUT2D eigenvalue weighted by molar-refractivity contribution is -0.141. The van der Waals surface area contributed by atoms with E-state index in [1.165, 1.54) is 6.07 Å². The Morgan fingerprint density at radius 2 is 2.22 bits per heavy atom. The first-order chi connectivity index (χ1) is 8.50. The lowest BCUT2D eigenvalue weighted by Gasteiger charge is -2.12. The number of ether oxygens (including phenoxy) is 1. The summed E-state index contributed by atoms with van der Waals surface area (Å²) < 4.78 is 43.2. The maximum atomic E-state index is 12.7. The van der Waals surface area contributed by atoms with Crippen molar-refractivity contribution < 1.29 is 17.9 Å². The topological polar surface area (TPSA) is 34.5 Å². The lowest BCUT2D eigenvalue weighted by atomic mass is 10.0. The fourth-order valence-electron chi connectivity index (χ4n) is 1.78. The van der Waals surface area contributed by atoms with E-state index in [1.807, 2.05) is 0 Å². The molecule has 96 valence electrons. The van der Waals surface area contributed by atoms with Crippen molar-refractivity contribution in [1.82, 2.24) is 4.98 Å². The summed E-state index contributed by atoms with van der Waals surface area (Å²) in [5.74, 6) is -0.119. The number of pyridine rings is 1. The van der Waals surface area contributed by atoms with Crippen molar-refractivity contribution in [3.8, 4) is 0 Å². The smallest absolute Gasteiger partial charge is 0.381 e. The molecule has 0 spiro atoms. The van der Waals surface area contributed by atoms with Crippen LogP contribution in [-0.4, -0.2) is 23.4 Å². The number of aromatic nitrogens is 1. The van der Waals surface area contributed by atoms with E-state index in [-0.39, 0.29) is 11.6 Å². The molecule has 1 aliphatic heterocycles. The van der Waals surface area contributed by atoms with Crippen molar-refractivity contribution in [1.29, 1.82) is 0 Å². The molecule has 0 aromatic carbocycles. The fraction of sp³-hybridized carbons (Fsp3) is 0.455. The number of hydrogen-bond donors (Lipinski definition) is 0. The Labute approximate surface area is 107 Å². The minimum atomic E-state index is -4.50. The summed E-state index contributed by atoms with van der Waals surface area (Å²) in [5, 5.41) is 2.06. The number of alkyl halides is 3. The zero-order valence-corrected chi connectivity index (χ0v) is 10.0. The molecule has 2 rings (SSSR count). The van der Waals surface area contributed by atoms with Crippen LogP contribution < -0.4 is 0 Å². The van der Waals surface area contributed by atoms with Crippen LogP contribution in [0.3, 0.4) is 0 Å². The van der Waals surface area contributed by atoms with Gasteiger partial charge < -0.3 is 4.74 Å². The molecule has 7 heteroatoms. The molecule has 3 nitrogen and oxygen atoms in total. The second kappa shape index (κ2) is 5.14. The highest BCUT2D eigenvalue weighted by Gasteiger charge is 2.34. The molecular formula is C11H9F3N2OS. The van der Waals surface area contributed by atoms with Crippen molar-refractivity contribution in [3.63, 3.8) is 0 Å². The van der Waals surface area contributed by atoms with Crippen molar-refractivity contribution in [2.75, 3.05) is 13.2 Å². The number of nitrogens with zero attached hydrogens (tertiary/aromatic N) is 2. The van der Waals surface area contributed by atoms with E-state index in [2.05, 4.69) is 27.4 Å². The summed E-state index contributed by atoms with van der Waals surface area (Å²) in [7, 11) is 0. The molecule has 0 N–H and O–H groups in total. The molecule has 1 unspecified atom stereocenters. The fourth-order valence-corrected chi connectivity index (χ4v) is 1.88. The van der Waals surface area contributed by atoms with E-state index in [9.17, 15) is 13.2 Å². The van der Waals surface area contributed by atoms with E-state index in [0.29, 0.717) is 25.3 Å². The summed E-state index contributed by atoms with van der Waals surface area (Å²) >= 11 is 4.41. The molecule has 1 aliphatic rings. The van der Waals surface area contributed by atoms with Crippen LogP contribution in [0, 0.1) is 0 Å². The third-order valence-corrected chi connectivity index (χ3v) is 2.73. The van der Waals surface area contributed by atoms with Crippen LogP contribution in [0.4, 0.5) is 18.9 Å². The zero-order valence-electron chi connectivity index (χ0n) is 9.20. The number of halogens is 3. The Kier molecular flexibility index (Phi) is 3.75. The molecule has 1 aromatic heterocycles. The Bertz CT molecular complexity index is 492. The summed E-state index contributed by atoms with van der Waals surface area (Å²) in [4.78, 5) is 7.24. The number of aliphatic imine (C=N–C) groups is 1. The number of thiocarbonyl (C=S) groups is 1. The van der Waals surface area contributed by atoms with Crippen LogP contribution in [0.25, 0.3) is 0 Å². The molecule has 0 radical (unpaired) electrons. The highest BCUT2D eigenvalue weighted by molar-refractivity contribution is 7.78. The summed E-state index contributed by atoms with van der Waals surface area (Å²) in [6, 6.07) is 2.35. The van der Waals surface area contributed by atoms with E-state index in [4.69, 9.17) is 4.74 Å². The van der Waals surface area contributed by atoms with Gasteiger partial charge in [0.1, 0.15) is 5.69 Å². The molecular weight excluding hydrogens is 265 g/mol. The quantitative estimate of drug-likeness (QED) is 0.612. The highest BCUT2D eigenvalue weighted by Crippen LogP contribution is 2.33. The second-order valence-electron chi connectivity index (χ2n) is 3.90. The minimum absolute atomic E-state index is 0.119. The summed E-state index contributed by atoms with van der Waals surface area (Å²) in [5.41, 5.74) is -0.503. The van der Waals surface area contributed by atoms with E-state index >= 15 is 0 Å². The molecule has 1 fully saturated rings. The lowest BCUT2D eigenvalue weighted by Crippen LogP contribution is -2.11. The Morgan fingerprint density at radius 3 is 2.78 bits per heavy atom. The van der Waals surface area contributed by atoms with Gasteiger partial charge in [-0.25, -0.2) is 4.98 Å². The SMILES string of the molecule is FC(F)(F)c1cc(N=C=S)cc(C2CCOC2)n1. The average Bonchev–Trinajstić information content (AvgIpc) is 2.81. The van der Waals surface area contributed by atoms with Gasteiger partial charge in [0.25, 0.3) is 0 Å². The molecule has 1 aromatic rings. The molecule has 18 heavy (non-hydrogen) atoms. The van der Waals surface area contributed by atoms with E-state index < -0.39 is 11.9 Å². The van der Waals surface area contributed by atoms with Crippen LogP contribution in [0.5, 0.6) is 0 Å². The first-order valence-corrected chi connectivity index (χ1v) is 5.66. The van der Waals surface area contributed by atoms with Gasteiger partial charge in [0.2, 0.25) is 0 Å². The van der Waals surface area contributed by atoms with Gasteiger partial charge in [-0.3, -0.25) is 0 Å². The van der Waals surface area contributed by atoms with Crippen LogP contribution in [0.1, 0.15) is 23.7 Å². The third kappa shape index (κ3) is 2.93. The van der Waals surface area contributed by atoms with Gasteiger partial charge in [0, 0.05) is 18.2 Å². The predicted molar refractivity (Wildman–Crippen MR) is 62.1 cm³/mol. The van der Waals surface area contributed by atoms with Gasteiger partial charge in [-0.1, -0.05) is 0 Å². The van der Waals surface area contributed by atoms with Crippen LogP contribution in [0.15, 0.2) is 17.1 Å². The van der Waals surface area contributed by atoms with Gasteiger partial charge in [0.05, 0.1) is 17.5 Å². The van der Waals surface area contributed by atoms with Crippen LogP contribution >= 0.6 is 12.2 Å². The van der Waals surface area contributed by atoms with Crippen LogP contribution in [-0.2, 0) is 10.9 Å². The number of isothiocyanates is 1. The molecule has 1 atom stereocenters. The monoisotopic (exact) mass is 274 g/mol. The van der Waals surface area contributed by atoms with E-state index in [1.54, 1.807) is 0 Å². The van der Waals surface area contributed by atoms with Gasteiger partial charge in [0.15, 0.2) is 0 Å². The van der Waals surface area contributed by atoms with Crippen molar-refractivity contribution in [2.45, 2.75) is 18.5 Å². The molecule has 0 bridgehead atoms. The van der Waals surface area contributed by atoms with Crippen molar-refractivity contribution >= 4 is 23.1 Å². The maximum Gasteiger partial charge on any atom is 0.433 e. The molecule has 0 aliphatic carbocycles. The van der Waals surface area contributed by atoms with Crippen LogP contribution in [0.2, 0.25) is 0 Å². The zero-order chi connectivity index (χ0) is 13.2. The predicted octanol–water partition coefficient (Wildman–Crippen LogP) is 3.34. The van der Waals surface area contributed by atoms with Gasteiger partial charge in [-0.2, -0.15) is 18.2 Å². The Morgan fingerprint density at radius 1 is 1.44 bits per heavy atom. The molecule has 2 heterocycles. The number of hydrogen-bond acceptors (Lipinski definition) is 4. The highest BCUT2D eigenvalue weighted by atomic mass is 32.1. The first-order valence-electron chi connectivity index (χ1n) is 5.25. The number of rotatable bonds is 2. The third-order valence-electron chi connectivity index (χ3n) is 2.64. The van der Waals surface area contributed by atoms with Gasteiger partial charge in [-0.05, 0) is 30.8 Å². The van der Waals surface area contributed by atoms with Crippen molar-refractivity contribution in [3.05, 3.63) is 23.5 Å². The average molecular weight is 274 g/mol. The molecule has 0 saturated carbocycles. The standard InChI is InChI=1S/C11H9F3N2OS/c12-11(13,14)10-4-8(15-6-18)3-9(16-10)7-1-2-17-5-7/h3-4,7H,1-2,5H2. The Hall–Kier alpha value is -1.30. The first kappa shape index (κ1) is 13.1. The largest absolute Gasteiger partial charge is 0.433 e. The normalized spacial score (nSPS) is 19.6. The van der Waals surface area contributed by atoms with Crippen molar-refractivity contribution in [2.24, 2.45) is 4.99 Å². The van der Waals surface area contributed by atoms with E-state index in [0.717, 1.165) is 6.07 Å².